The molecule has 0 saturated carbocycles. The van der Waals surface area contributed by atoms with Crippen LogP contribution in [0, 0.1) is 0 Å². The largest absolute Gasteiger partial charge is 0.748 e. The van der Waals surface area contributed by atoms with E-state index in [0.717, 1.165) is 0 Å². The minimum absolute atomic E-state index is 0. The van der Waals surface area contributed by atoms with Gasteiger partial charge < -0.3 is 30.3 Å². The molecule has 0 aromatic heterocycles. The van der Waals surface area contributed by atoms with Crippen molar-refractivity contribution < 1.29 is 17.1 Å². The summed E-state index contributed by atoms with van der Waals surface area (Å²) in [5.41, 5.74) is 1.23. The fourth-order valence-electron chi connectivity index (χ4n) is 1.000. The minimum atomic E-state index is 0. The minimum Gasteiger partial charge on any atom is -0.748 e. The van der Waals surface area contributed by atoms with Gasteiger partial charge in [0.1, 0.15) is 0 Å². The molecule has 15 heavy (non-hydrogen) atoms. The normalized spacial score (nSPS) is 8.80. The first-order chi connectivity index (χ1) is 6.93. The van der Waals surface area contributed by atoms with Crippen molar-refractivity contribution in [1.82, 2.24) is 0 Å². The second kappa shape index (κ2) is 9.26. The van der Waals surface area contributed by atoms with Gasteiger partial charge in [0.25, 0.3) is 0 Å². The van der Waals surface area contributed by atoms with Crippen molar-refractivity contribution in [2.45, 2.75) is 0 Å². The molecule has 1 heteroatoms. The van der Waals surface area contributed by atoms with Crippen LogP contribution in [0.3, 0.4) is 0 Å². The molecule has 0 aliphatic rings. The smallest absolute Gasteiger partial charge is 0 e. The zero-order valence-electron chi connectivity index (χ0n) is 8.49. The zero-order valence-corrected chi connectivity index (χ0v) is 9.59. The molecule has 0 fully saturated rings. The van der Waals surface area contributed by atoms with E-state index in [1.165, 1.54) is 5.56 Å². The Balaban J connectivity index is 0.000000280. The molecule has 84 valence electrons. The van der Waals surface area contributed by atoms with Crippen molar-refractivity contribution in [3.63, 3.8) is 0 Å². The van der Waals surface area contributed by atoms with E-state index in [0.29, 0.717) is 0 Å². The van der Waals surface area contributed by atoms with Crippen molar-refractivity contribution in [3.05, 3.63) is 78.9 Å². The molecule has 0 aliphatic heterocycles. The number of rotatable bonds is 2. The predicted molar refractivity (Wildman–Crippen MR) is 63.3 cm³/mol. The second-order valence-electron chi connectivity index (χ2n) is 2.78. The molecular formula is C14H14Fe-6. The molecule has 0 unspecified atom stereocenters. The van der Waals surface area contributed by atoms with Crippen molar-refractivity contribution >= 4 is 6.08 Å². The summed E-state index contributed by atoms with van der Waals surface area (Å²) < 4.78 is 0. The molecule has 0 saturated heterocycles. The maximum absolute atomic E-state index is 3.57. The first-order valence-corrected chi connectivity index (χ1v) is 4.61. The number of hydrogen-bond donors (Lipinski definition) is 0. The van der Waals surface area contributed by atoms with Gasteiger partial charge in [0.2, 0.25) is 0 Å². The molecule has 0 heterocycles. The van der Waals surface area contributed by atoms with Crippen molar-refractivity contribution in [2.75, 3.05) is 0 Å². The van der Waals surface area contributed by atoms with Crippen LogP contribution in [0.15, 0.2) is 73.3 Å². The van der Waals surface area contributed by atoms with Gasteiger partial charge in [0.05, 0.1) is 0 Å². The third-order valence-corrected chi connectivity index (χ3v) is 1.67. The third kappa shape index (κ3) is 6.73. The molecule has 2 rings (SSSR count). The van der Waals surface area contributed by atoms with Gasteiger partial charge in [0, 0.05) is 17.1 Å². The first kappa shape index (κ1) is 13.7. The molecule has 2 aromatic rings. The van der Waals surface area contributed by atoms with Crippen LogP contribution in [-0.4, -0.2) is 0 Å². The van der Waals surface area contributed by atoms with Gasteiger partial charge in [-0.2, -0.15) is 12.1 Å². The van der Waals surface area contributed by atoms with Crippen LogP contribution in [0.5, 0.6) is 0 Å². The Morgan fingerprint density at radius 3 is 1.80 bits per heavy atom. The van der Waals surface area contributed by atoms with Gasteiger partial charge in [-0.25, -0.2) is 0 Å². The molecule has 0 amide bonds. The molecule has 0 N–H and O–H groups in total. The average Bonchev–Trinajstić information content (AvgIpc) is 2.90. The van der Waals surface area contributed by atoms with Crippen LogP contribution < -0.4 is 0 Å². The summed E-state index contributed by atoms with van der Waals surface area (Å²) in [7, 11) is 0. The monoisotopic (exact) mass is 238 g/mol. The van der Waals surface area contributed by atoms with E-state index < -0.39 is 0 Å². The molecular weight excluding hydrogens is 224 g/mol. The summed E-state index contributed by atoms with van der Waals surface area (Å²) >= 11 is 0. The standard InChI is InChI=1S/C9H9.C5H5.Fe/c1-2-3-6-9-7-4-5-8-9;1-2-4-5-3-1;/h2-8H,1H2;1-5H;/q-1;-5;. The Bertz CT molecular complexity index is 321. The Labute approximate surface area is 102 Å². The van der Waals surface area contributed by atoms with Crippen LogP contribution in [0.2, 0.25) is 0 Å². The van der Waals surface area contributed by atoms with Crippen LogP contribution in [0.1, 0.15) is 5.56 Å². The Hall–Kier alpha value is -1.30. The summed E-state index contributed by atoms with van der Waals surface area (Å²) in [5.74, 6) is 0. The first-order valence-electron chi connectivity index (χ1n) is 4.61. The van der Waals surface area contributed by atoms with Crippen LogP contribution >= 0.6 is 0 Å². The number of hydrogen-bond acceptors (Lipinski definition) is 0. The summed E-state index contributed by atoms with van der Waals surface area (Å²) in [4.78, 5) is 0. The average molecular weight is 238 g/mol. The van der Waals surface area contributed by atoms with E-state index in [4.69, 9.17) is 0 Å². The molecule has 0 bridgehead atoms. The number of allylic oxidation sites excluding steroid dienone is 2. The SMILES string of the molecule is C=CC=C[c-]1cccc1.[Fe].[cH-]1[cH-][cH-][cH-][cH-]1. The Morgan fingerprint density at radius 1 is 0.933 bits per heavy atom. The van der Waals surface area contributed by atoms with Gasteiger partial charge in [-0.05, 0) is 0 Å². The predicted octanol–water partition coefficient (Wildman–Crippen LogP) is 4.01. The molecule has 0 radical (unpaired) electrons. The van der Waals surface area contributed by atoms with Crippen molar-refractivity contribution in [1.29, 1.82) is 0 Å². The Morgan fingerprint density at radius 2 is 1.40 bits per heavy atom. The van der Waals surface area contributed by atoms with Crippen LogP contribution in [-0.2, 0) is 17.1 Å². The van der Waals surface area contributed by atoms with Gasteiger partial charge in [-0.1, -0.05) is 0 Å². The zero-order chi connectivity index (χ0) is 10.1. The van der Waals surface area contributed by atoms with Crippen molar-refractivity contribution in [3.8, 4) is 0 Å². The summed E-state index contributed by atoms with van der Waals surface area (Å²) in [6, 6.07) is 18.1. The van der Waals surface area contributed by atoms with Gasteiger partial charge in [-0.15, -0.1) is 42.5 Å². The maximum Gasteiger partial charge on any atom is 0 e. The molecule has 0 spiro atoms. The van der Waals surface area contributed by atoms with E-state index >= 15 is 0 Å². The summed E-state index contributed by atoms with van der Waals surface area (Å²) in [6.07, 6.45) is 5.72. The fourth-order valence-corrected chi connectivity index (χ4v) is 1.000. The Kier molecular flexibility index (Phi) is 8.46. The molecule has 2 aromatic carbocycles. The van der Waals surface area contributed by atoms with Gasteiger partial charge >= 0.3 is 0 Å². The summed E-state index contributed by atoms with van der Waals surface area (Å²) in [6.45, 7) is 3.57. The van der Waals surface area contributed by atoms with Crippen molar-refractivity contribution in [2.24, 2.45) is 0 Å². The molecule has 0 atom stereocenters. The van der Waals surface area contributed by atoms with Gasteiger partial charge in [0.15, 0.2) is 0 Å². The fraction of sp³-hybridized carbons (Fsp3) is 0. The maximum atomic E-state index is 3.57. The molecule has 0 aliphatic carbocycles. The quantitative estimate of drug-likeness (QED) is 0.421. The second-order valence-corrected chi connectivity index (χ2v) is 2.78. The van der Waals surface area contributed by atoms with E-state index in [2.05, 4.69) is 18.7 Å². The third-order valence-electron chi connectivity index (χ3n) is 1.67. The van der Waals surface area contributed by atoms with Crippen LogP contribution in [0.25, 0.3) is 6.08 Å². The van der Waals surface area contributed by atoms with E-state index in [-0.39, 0.29) is 17.1 Å². The van der Waals surface area contributed by atoms with E-state index in [1.807, 2.05) is 54.6 Å². The molecule has 0 nitrogen and oxygen atoms in total. The van der Waals surface area contributed by atoms with Gasteiger partial charge in [-0.3, -0.25) is 0 Å². The van der Waals surface area contributed by atoms with E-state index in [9.17, 15) is 0 Å². The topological polar surface area (TPSA) is 0 Å². The summed E-state index contributed by atoms with van der Waals surface area (Å²) in [5, 5.41) is 0. The van der Waals surface area contributed by atoms with E-state index in [1.54, 1.807) is 6.08 Å². The van der Waals surface area contributed by atoms with Crippen LogP contribution in [0.4, 0.5) is 0 Å².